The Labute approximate surface area is 129 Å². The van der Waals surface area contributed by atoms with Crippen LogP contribution < -0.4 is 5.32 Å². The van der Waals surface area contributed by atoms with Crippen molar-refractivity contribution in [2.75, 3.05) is 26.2 Å². The Hall–Kier alpha value is -1.51. The second kappa shape index (κ2) is 5.29. The third kappa shape index (κ3) is 2.41. The average Bonchev–Trinajstić information content (AvgIpc) is 3.09. The van der Waals surface area contributed by atoms with E-state index in [1.165, 1.54) is 29.4 Å². The quantitative estimate of drug-likeness (QED) is 0.667. The molecule has 120 valence electrons. The Morgan fingerprint density at radius 2 is 2.14 bits per heavy atom. The molecule has 1 N–H and O–H groups in total. The molecule has 0 aromatic heterocycles. The van der Waals surface area contributed by atoms with Crippen LogP contribution in [0.4, 0.5) is 5.69 Å². The van der Waals surface area contributed by atoms with Crippen molar-refractivity contribution < 1.29 is 13.3 Å². The zero-order valence-corrected chi connectivity index (χ0v) is 13.2. The van der Waals surface area contributed by atoms with Gasteiger partial charge in [0.25, 0.3) is 5.69 Å². The minimum Gasteiger partial charge on any atom is -0.316 e. The second-order valence-electron chi connectivity index (χ2n) is 6.17. The zero-order valence-electron chi connectivity index (χ0n) is 12.4. The van der Waals surface area contributed by atoms with E-state index in [1.54, 1.807) is 0 Å². The molecule has 0 radical (unpaired) electrons. The lowest BCUT2D eigenvalue weighted by Gasteiger charge is -2.23. The van der Waals surface area contributed by atoms with Crippen molar-refractivity contribution in [3.63, 3.8) is 0 Å². The van der Waals surface area contributed by atoms with Gasteiger partial charge in [0.05, 0.1) is 9.82 Å². The summed E-state index contributed by atoms with van der Waals surface area (Å²) in [5.41, 5.74) is 0.0809. The first kappa shape index (κ1) is 15.4. The average molecular weight is 325 g/mol. The second-order valence-corrected chi connectivity index (χ2v) is 8.08. The Kier molecular flexibility index (Phi) is 3.70. The van der Waals surface area contributed by atoms with E-state index in [2.05, 4.69) is 5.32 Å². The van der Waals surface area contributed by atoms with Gasteiger partial charge in [-0.1, -0.05) is 6.07 Å². The van der Waals surface area contributed by atoms with E-state index in [0.29, 0.717) is 13.1 Å². The molecular weight excluding hydrogens is 306 g/mol. The Balaban J connectivity index is 1.94. The van der Waals surface area contributed by atoms with Gasteiger partial charge >= 0.3 is 0 Å². The van der Waals surface area contributed by atoms with E-state index < -0.39 is 14.9 Å². The summed E-state index contributed by atoms with van der Waals surface area (Å²) in [5.74, 6) is 0. The Morgan fingerprint density at radius 1 is 1.36 bits per heavy atom. The number of hydrogen-bond donors (Lipinski definition) is 1. The van der Waals surface area contributed by atoms with Crippen LogP contribution >= 0.6 is 0 Å². The molecule has 1 unspecified atom stereocenters. The molecule has 7 nitrogen and oxygen atoms in total. The molecule has 2 aliphatic heterocycles. The predicted molar refractivity (Wildman–Crippen MR) is 81.1 cm³/mol. The van der Waals surface area contributed by atoms with Gasteiger partial charge in [-0.25, -0.2) is 8.42 Å². The number of nitro groups is 1. The monoisotopic (exact) mass is 325 g/mol. The van der Waals surface area contributed by atoms with Crippen molar-refractivity contribution in [2.24, 2.45) is 5.41 Å². The highest BCUT2D eigenvalue weighted by atomic mass is 32.2. The van der Waals surface area contributed by atoms with Gasteiger partial charge in [-0.2, -0.15) is 4.31 Å². The molecule has 2 fully saturated rings. The van der Waals surface area contributed by atoms with E-state index in [4.69, 9.17) is 0 Å². The van der Waals surface area contributed by atoms with E-state index >= 15 is 0 Å². The number of nitro benzene ring substituents is 1. The Bertz CT molecular complexity index is 711. The van der Waals surface area contributed by atoms with Gasteiger partial charge in [0.2, 0.25) is 10.0 Å². The summed E-state index contributed by atoms with van der Waals surface area (Å²) >= 11 is 0. The van der Waals surface area contributed by atoms with Crippen molar-refractivity contribution in [2.45, 2.75) is 24.7 Å². The molecule has 2 aliphatic rings. The summed E-state index contributed by atoms with van der Waals surface area (Å²) in [7, 11) is -3.69. The van der Waals surface area contributed by atoms with Gasteiger partial charge in [0.15, 0.2) is 0 Å². The molecule has 8 heteroatoms. The fourth-order valence-corrected chi connectivity index (χ4v) is 5.26. The number of rotatable bonds is 3. The van der Waals surface area contributed by atoms with Gasteiger partial charge in [0, 0.05) is 31.3 Å². The van der Waals surface area contributed by atoms with Crippen LogP contribution in [0.3, 0.4) is 0 Å². The molecule has 0 amide bonds. The smallest absolute Gasteiger partial charge is 0.273 e. The molecule has 3 rings (SSSR count). The maximum absolute atomic E-state index is 12.9. The molecule has 1 aromatic carbocycles. The third-order valence-corrected chi connectivity index (χ3v) is 6.80. The van der Waals surface area contributed by atoms with Crippen molar-refractivity contribution in [1.29, 1.82) is 0 Å². The maximum atomic E-state index is 12.9. The largest absolute Gasteiger partial charge is 0.316 e. The van der Waals surface area contributed by atoms with Crippen molar-refractivity contribution >= 4 is 15.7 Å². The first-order valence-electron chi connectivity index (χ1n) is 7.31. The SMILES string of the molecule is Cc1c([N+](=O)[O-])cccc1S(=O)(=O)N1CCC2(CCNC2)C1. The van der Waals surface area contributed by atoms with Gasteiger partial charge in [-0.05, 0) is 37.8 Å². The van der Waals surface area contributed by atoms with E-state index in [1.807, 2.05) is 0 Å². The standard InChI is InChI=1S/C14H19N3O4S/c1-11-12(17(18)19)3-2-4-13(11)22(20,21)16-8-6-14(10-16)5-7-15-9-14/h2-4,15H,5-10H2,1H3. The van der Waals surface area contributed by atoms with Crippen LogP contribution in [0, 0.1) is 22.5 Å². The first-order valence-corrected chi connectivity index (χ1v) is 8.75. The lowest BCUT2D eigenvalue weighted by Crippen LogP contribution is -2.33. The highest BCUT2D eigenvalue weighted by Crippen LogP contribution is 2.39. The fourth-order valence-electron chi connectivity index (χ4n) is 3.46. The molecule has 1 spiro atoms. The number of sulfonamides is 1. The number of nitrogens with one attached hydrogen (secondary N) is 1. The first-order chi connectivity index (χ1) is 10.4. The maximum Gasteiger partial charge on any atom is 0.273 e. The van der Waals surface area contributed by atoms with Crippen molar-refractivity contribution in [3.05, 3.63) is 33.9 Å². The van der Waals surface area contributed by atoms with Gasteiger partial charge in [-0.15, -0.1) is 0 Å². The third-order valence-electron chi connectivity index (χ3n) is 4.81. The van der Waals surface area contributed by atoms with Crippen LogP contribution in [0.2, 0.25) is 0 Å². The Morgan fingerprint density at radius 3 is 2.77 bits per heavy atom. The molecule has 0 aliphatic carbocycles. The van der Waals surface area contributed by atoms with E-state index in [-0.39, 0.29) is 21.6 Å². The molecule has 0 bridgehead atoms. The van der Waals surface area contributed by atoms with Crippen LogP contribution in [0.1, 0.15) is 18.4 Å². The molecule has 1 aromatic rings. The van der Waals surface area contributed by atoms with Crippen LogP contribution in [-0.2, 0) is 10.0 Å². The van der Waals surface area contributed by atoms with Crippen molar-refractivity contribution in [1.82, 2.24) is 9.62 Å². The van der Waals surface area contributed by atoms with Crippen molar-refractivity contribution in [3.8, 4) is 0 Å². The van der Waals surface area contributed by atoms with Gasteiger partial charge in [0.1, 0.15) is 0 Å². The van der Waals surface area contributed by atoms with Gasteiger partial charge in [-0.3, -0.25) is 10.1 Å². The van der Waals surface area contributed by atoms with Crippen LogP contribution in [0.25, 0.3) is 0 Å². The summed E-state index contributed by atoms with van der Waals surface area (Å²) in [4.78, 5) is 10.5. The molecule has 22 heavy (non-hydrogen) atoms. The lowest BCUT2D eigenvalue weighted by molar-refractivity contribution is -0.385. The number of nitrogens with zero attached hydrogens (tertiary/aromatic N) is 2. The zero-order chi connectivity index (χ0) is 16.0. The summed E-state index contributed by atoms with van der Waals surface area (Å²) < 4.78 is 27.2. The van der Waals surface area contributed by atoms with Crippen LogP contribution in [-0.4, -0.2) is 43.8 Å². The summed E-state index contributed by atoms with van der Waals surface area (Å²) in [6.45, 7) is 4.22. The molecule has 2 heterocycles. The lowest BCUT2D eigenvalue weighted by atomic mass is 9.87. The summed E-state index contributed by atoms with van der Waals surface area (Å²) in [6, 6.07) is 4.22. The molecule has 2 saturated heterocycles. The highest BCUT2D eigenvalue weighted by molar-refractivity contribution is 7.89. The topological polar surface area (TPSA) is 92.5 Å². The van der Waals surface area contributed by atoms with E-state index in [9.17, 15) is 18.5 Å². The van der Waals surface area contributed by atoms with E-state index in [0.717, 1.165) is 25.9 Å². The number of hydrogen-bond acceptors (Lipinski definition) is 5. The highest BCUT2D eigenvalue weighted by Gasteiger charge is 2.45. The molecular formula is C14H19N3O4S. The predicted octanol–water partition coefficient (Wildman–Crippen LogP) is 1.28. The van der Waals surface area contributed by atoms with Crippen LogP contribution in [0.15, 0.2) is 23.1 Å². The van der Waals surface area contributed by atoms with Crippen LogP contribution in [0.5, 0.6) is 0 Å². The normalized spacial score (nSPS) is 25.9. The minimum absolute atomic E-state index is 0.0295. The van der Waals surface area contributed by atoms with Gasteiger partial charge < -0.3 is 5.32 Å². The summed E-state index contributed by atoms with van der Waals surface area (Å²) in [6.07, 6.45) is 1.82. The number of benzene rings is 1. The molecule has 0 saturated carbocycles. The minimum atomic E-state index is -3.69. The fraction of sp³-hybridized carbons (Fsp3) is 0.571. The summed E-state index contributed by atoms with van der Waals surface area (Å²) in [5, 5.41) is 14.3. The molecule has 1 atom stereocenters.